The second kappa shape index (κ2) is 9.49. The fourth-order valence-corrected chi connectivity index (χ4v) is 5.34. The van der Waals surface area contributed by atoms with Crippen molar-refractivity contribution in [2.45, 2.75) is 37.9 Å². The monoisotopic (exact) mass is 532 g/mol. The Hall–Kier alpha value is -3.81. The lowest BCUT2D eigenvalue weighted by Gasteiger charge is -2.19. The number of para-hydroxylation sites is 1. The summed E-state index contributed by atoms with van der Waals surface area (Å²) in [7, 11) is 0. The predicted octanol–water partition coefficient (Wildman–Crippen LogP) is 3.20. The minimum atomic E-state index is -1.15. The van der Waals surface area contributed by atoms with Crippen molar-refractivity contribution in [2.24, 2.45) is 0 Å². The molecule has 12 heteroatoms. The Balaban J connectivity index is 1.24. The Morgan fingerprint density at radius 3 is 2.71 bits per heavy atom. The van der Waals surface area contributed by atoms with Gasteiger partial charge in [0, 0.05) is 22.8 Å². The van der Waals surface area contributed by atoms with Crippen molar-refractivity contribution in [3.8, 4) is 10.6 Å². The minimum Gasteiger partial charge on any atom is -0.394 e. The number of ether oxygens (including phenoxy) is 2. The molecule has 3 aromatic heterocycles. The average Bonchev–Trinajstić information content (AvgIpc) is 3.60. The third-order valence-electron chi connectivity index (χ3n) is 6.25. The lowest BCUT2D eigenvalue weighted by Crippen LogP contribution is -2.35. The number of hydrogen-bond acceptors (Lipinski definition) is 10. The summed E-state index contributed by atoms with van der Waals surface area (Å²) in [6, 6.07) is 16.6. The van der Waals surface area contributed by atoms with E-state index in [4.69, 9.17) is 9.47 Å². The molecule has 1 amide bonds. The van der Waals surface area contributed by atoms with Gasteiger partial charge in [0.2, 0.25) is 4.96 Å². The zero-order valence-corrected chi connectivity index (χ0v) is 21.3. The molecule has 194 valence electrons. The summed E-state index contributed by atoms with van der Waals surface area (Å²) in [6.45, 7) is 2.98. The number of nitrogens with one attached hydrogen (secondary N) is 1. The van der Waals surface area contributed by atoms with Crippen molar-refractivity contribution in [3.63, 3.8) is 0 Å². The molecule has 0 unspecified atom stereocenters. The number of benzene rings is 2. The summed E-state index contributed by atoms with van der Waals surface area (Å²) in [4.78, 5) is 17.8. The van der Waals surface area contributed by atoms with Gasteiger partial charge in [-0.05, 0) is 50.2 Å². The van der Waals surface area contributed by atoms with Crippen LogP contribution in [0, 0.1) is 0 Å². The molecule has 0 radical (unpaired) electrons. The van der Waals surface area contributed by atoms with E-state index in [-0.39, 0.29) is 5.91 Å². The van der Waals surface area contributed by atoms with Gasteiger partial charge in [0.05, 0.1) is 17.7 Å². The molecule has 2 aromatic carbocycles. The molecule has 3 N–H and O–H groups in total. The fourth-order valence-electron chi connectivity index (χ4n) is 4.49. The van der Waals surface area contributed by atoms with Gasteiger partial charge in [-0.25, -0.2) is 0 Å². The molecule has 0 bridgehead atoms. The molecule has 11 nitrogen and oxygen atoms in total. The van der Waals surface area contributed by atoms with Crippen LogP contribution in [0.3, 0.4) is 0 Å². The topological polar surface area (TPSA) is 144 Å². The molecule has 6 rings (SSSR count). The molecule has 38 heavy (non-hydrogen) atoms. The van der Waals surface area contributed by atoms with E-state index in [0.29, 0.717) is 27.0 Å². The van der Waals surface area contributed by atoms with Gasteiger partial charge in [-0.3, -0.25) is 9.78 Å². The summed E-state index contributed by atoms with van der Waals surface area (Å²) in [5.74, 6) is -0.820. The number of carbonyl (C=O) groups is 1. The third kappa shape index (κ3) is 4.42. The number of amides is 1. The number of rotatable bonds is 6. The first-order chi connectivity index (χ1) is 18.3. The normalized spacial score (nSPS) is 19.7. The number of anilines is 1. The molecule has 0 spiro atoms. The average molecular weight is 533 g/mol. The van der Waals surface area contributed by atoms with Crippen LogP contribution in [0.2, 0.25) is 0 Å². The van der Waals surface area contributed by atoms with E-state index < -0.39 is 30.7 Å². The Morgan fingerprint density at radius 2 is 1.92 bits per heavy atom. The third-order valence-corrected chi connectivity index (χ3v) is 7.20. The van der Waals surface area contributed by atoms with Gasteiger partial charge in [-0.15, -0.1) is 10.2 Å². The number of aliphatic hydroxyl groups is 2. The summed E-state index contributed by atoms with van der Waals surface area (Å²) in [6.07, 6.45) is -1.12. The highest BCUT2D eigenvalue weighted by Crippen LogP contribution is 2.40. The molecular weight excluding hydrogens is 508 g/mol. The first-order valence-corrected chi connectivity index (χ1v) is 12.8. The summed E-state index contributed by atoms with van der Waals surface area (Å²) >= 11 is 1.34. The quantitative estimate of drug-likeness (QED) is 0.300. The number of fused-ring (bicyclic) bond motifs is 2. The van der Waals surface area contributed by atoms with Crippen LogP contribution in [-0.2, 0) is 9.47 Å². The Bertz CT molecular complexity index is 1630. The number of carbonyl (C=O) groups excluding carboxylic acids is 1. The zero-order chi connectivity index (χ0) is 26.4. The predicted molar refractivity (Wildman–Crippen MR) is 140 cm³/mol. The highest BCUT2D eigenvalue weighted by molar-refractivity contribution is 7.19. The highest BCUT2D eigenvalue weighted by Gasteiger charge is 2.47. The van der Waals surface area contributed by atoms with E-state index in [2.05, 4.69) is 25.6 Å². The molecule has 1 saturated heterocycles. The van der Waals surface area contributed by atoms with Crippen LogP contribution < -0.4 is 5.32 Å². The van der Waals surface area contributed by atoms with E-state index in [9.17, 15) is 15.0 Å². The van der Waals surface area contributed by atoms with Crippen LogP contribution in [-0.4, -0.2) is 65.5 Å². The van der Waals surface area contributed by atoms with Gasteiger partial charge in [-0.2, -0.15) is 9.61 Å². The van der Waals surface area contributed by atoms with E-state index in [1.807, 2.05) is 48.5 Å². The maximum absolute atomic E-state index is 12.9. The Kier molecular flexibility index (Phi) is 6.13. The zero-order valence-electron chi connectivity index (χ0n) is 20.5. The van der Waals surface area contributed by atoms with Gasteiger partial charge in [-0.1, -0.05) is 29.5 Å². The molecule has 4 heterocycles. The smallest absolute Gasteiger partial charge is 0.256 e. The Labute approximate surface area is 220 Å². The van der Waals surface area contributed by atoms with Gasteiger partial charge in [0.25, 0.3) is 5.91 Å². The molecule has 3 atom stereocenters. The molecule has 1 fully saturated rings. The van der Waals surface area contributed by atoms with Crippen molar-refractivity contribution in [3.05, 3.63) is 72.2 Å². The summed E-state index contributed by atoms with van der Waals surface area (Å²) in [5.41, 5.74) is 2.78. The van der Waals surface area contributed by atoms with Crippen LogP contribution in [0.5, 0.6) is 0 Å². The van der Waals surface area contributed by atoms with E-state index in [1.165, 1.54) is 11.3 Å². The number of nitrogens with zero attached hydrogens (tertiary/aromatic N) is 5. The van der Waals surface area contributed by atoms with Crippen LogP contribution in [0.25, 0.3) is 26.4 Å². The van der Waals surface area contributed by atoms with Crippen molar-refractivity contribution in [1.82, 2.24) is 24.8 Å². The van der Waals surface area contributed by atoms with E-state index in [0.717, 1.165) is 16.5 Å². The minimum absolute atomic E-state index is 0.221. The summed E-state index contributed by atoms with van der Waals surface area (Å²) in [5, 5.41) is 37.2. The summed E-state index contributed by atoms with van der Waals surface area (Å²) < 4.78 is 13.3. The lowest BCUT2D eigenvalue weighted by atomic mass is 10.1. The van der Waals surface area contributed by atoms with Gasteiger partial charge < -0.3 is 25.0 Å². The number of pyridine rings is 1. The van der Waals surface area contributed by atoms with Crippen molar-refractivity contribution in [1.29, 1.82) is 0 Å². The number of hydrogen-bond donors (Lipinski definition) is 3. The second-order valence-corrected chi connectivity index (χ2v) is 10.3. The first kappa shape index (κ1) is 24.5. The lowest BCUT2D eigenvalue weighted by molar-refractivity contribution is -0.158. The maximum atomic E-state index is 12.9. The maximum Gasteiger partial charge on any atom is 0.256 e. The number of aliphatic hydroxyl groups excluding tert-OH is 2. The van der Waals surface area contributed by atoms with E-state index in [1.54, 1.807) is 30.6 Å². The molecule has 1 aliphatic rings. The molecule has 5 aromatic rings. The van der Waals surface area contributed by atoms with Crippen LogP contribution in [0.1, 0.15) is 36.1 Å². The Morgan fingerprint density at radius 1 is 1.13 bits per heavy atom. The van der Waals surface area contributed by atoms with Gasteiger partial charge in [0.1, 0.15) is 17.2 Å². The SMILES string of the molecule is CC1(C)O[C@H]([C@H](O)CO)[C@@H](c2nnc3sc(-c4ccc(NC(=O)c5ccnc6ccccc56)cc4)nn23)O1. The standard InChI is InChI=1S/C26H24N6O5S/c1-26(2)36-20(19(34)13-33)21(37-26)22-29-30-25-32(22)31-24(38-25)14-7-9-15(10-8-14)28-23(35)17-11-12-27-18-6-4-3-5-16(17)18/h3-12,19-21,33-34H,13H2,1-2H3,(H,28,35)/t19-,20-,21+/m1/s1. The molecule has 0 saturated carbocycles. The van der Waals surface area contributed by atoms with Crippen molar-refractivity contribution < 1.29 is 24.5 Å². The second-order valence-electron chi connectivity index (χ2n) is 9.34. The van der Waals surface area contributed by atoms with Gasteiger partial charge >= 0.3 is 0 Å². The molecule has 1 aliphatic heterocycles. The largest absolute Gasteiger partial charge is 0.394 e. The van der Waals surface area contributed by atoms with Crippen LogP contribution >= 0.6 is 11.3 Å². The molecule has 0 aliphatic carbocycles. The van der Waals surface area contributed by atoms with Crippen LogP contribution in [0.15, 0.2) is 60.8 Å². The highest BCUT2D eigenvalue weighted by atomic mass is 32.1. The van der Waals surface area contributed by atoms with E-state index >= 15 is 0 Å². The van der Waals surface area contributed by atoms with Crippen LogP contribution in [0.4, 0.5) is 5.69 Å². The first-order valence-electron chi connectivity index (χ1n) is 12.0. The van der Waals surface area contributed by atoms with Gasteiger partial charge in [0.15, 0.2) is 17.7 Å². The molecular formula is C26H24N6O5S. The van der Waals surface area contributed by atoms with Crippen molar-refractivity contribution in [2.75, 3.05) is 11.9 Å². The van der Waals surface area contributed by atoms with Crippen molar-refractivity contribution >= 4 is 38.8 Å². The number of aromatic nitrogens is 5. The fraction of sp³-hybridized carbons (Fsp3) is 0.269.